The molecular weight excluding hydrogens is 438 g/mol. The zero-order valence-electron chi connectivity index (χ0n) is 19.6. The molecule has 7 nitrogen and oxygen atoms in total. The van der Waals surface area contributed by atoms with Crippen LogP contribution in [0.15, 0.2) is 42.5 Å². The van der Waals surface area contributed by atoms with E-state index in [1.54, 1.807) is 12.1 Å². The number of carbonyl (C=O) groups is 1. The number of aryl methyl sites for hydroxylation is 1. The van der Waals surface area contributed by atoms with Crippen molar-refractivity contribution in [1.29, 1.82) is 0 Å². The number of carbonyl (C=O) groups excluding carboxylic acids is 1. The highest BCUT2D eigenvalue weighted by Crippen LogP contribution is 2.35. The quantitative estimate of drug-likeness (QED) is 0.701. The van der Waals surface area contributed by atoms with Gasteiger partial charge in [-0.1, -0.05) is 37.3 Å². The molecule has 33 heavy (non-hydrogen) atoms. The summed E-state index contributed by atoms with van der Waals surface area (Å²) in [5.41, 5.74) is 3.64. The summed E-state index contributed by atoms with van der Waals surface area (Å²) in [6.07, 6.45) is 2.72. The fourth-order valence-electron chi connectivity index (χ4n) is 4.43. The highest BCUT2D eigenvalue weighted by molar-refractivity contribution is 7.92. The molecule has 0 aromatic heterocycles. The standard InChI is InChI=1S/C25H33N3O4S/c1-18-9-11-27(12-10-18)16-21-6-4-5-20(14-21)15-26-25(29)24-17-28(33(3,30)31)22-13-19(2)7-8-23(22)32-24/h4-8,13-14,18,24H,9-12,15-17H2,1-3H3,(H,26,29). The molecule has 0 saturated carbocycles. The maximum absolute atomic E-state index is 12.9. The summed E-state index contributed by atoms with van der Waals surface area (Å²) in [4.78, 5) is 15.4. The van der Waals surface area contributed by atoms with Crippen LogP contribution >= 0.6 is 0 Å². The van der Waals surface area contributed by atoms with E-state index in [9.17, 15) is 13.2 Å². The molecule has 0 bridgehead atoms. The third kappa shape index (κ3) is 5.86. The van der Waals surface area contributed by atoms with Crippen LogP contribution < -0.4 is 14.4 Å². The summed E-state index contributed by atoms with van der Waals surface area (Å²) in [6, 6.07) is 13.6. The van der Waals surface area contributed by atoms with Crippen molar-refractivity contribution in [3.8, 4) is 5.75 Å². The van der Waals surface area contributed by atoms with Gasteiger partial charge in [-0.15, -0.1) is 0 Å². The lowest BCUT2D eigenvalue weighted by Crippen LogP contribution is -2.50. The molecule has 1 N–H and O–H groups in total. The van der Waals surface area contributed by atoms with Gasteiger partial charge in [0.1, 0.15) is 5.75 Å². The molecule has 4 rings (SSSR count). The minimum absolute atomic E-state index is 0.0471. The van der Waals surface area contributed by atoms with E-state index in [0.29, 0.717) is 18.0 Å². The Balaban J connectivity index is 1.39. The maximum atomic E-state index is 12.9. The molecule has 2 aliphatic rings. The van der Waals surface area contributed by atoms with Gasteiger partial charge in [-0.2, -0.15) is 0 Å². The lowest BCUT2D eigenvalue weighted by molar-refractivity contribution is -0.127. The SMILES string of the molecule is Cc1ccc2c(c1)N(S(C)(=O)=O)CC(C(=O)NCc1cccc(CN3CCC(C)CC3)c1)O2. The van der Waals surface area contributed by atoms with Gasteiger partial charge in [0.15, 0.2) is 6.10 Å². The number of hydrogen-bond acceptors (Lipinski definition) is 5. The second-order valence-electron chi connectivity index (χ2n) is 9.37. The Kier molecular flexibility index (Phi) is 6.95. The highest BCUT2D eigenvalue weighted by atomic mass is 32.2. The predicted molar refractivity (Wildman–Crippen MR) is 130 cm³/mol. The van der Waals surface area contributed by atoms with Crippen LogP contribution in [0.1, 0.15) is 36.5 Å². The second-order valence-corrected chi connectivity index (χ2v) is 11.3. The number of sulfonamides is 1. The number of nitrogens with one attached hydrogen (secondary N) is 1. The van der Waals surface area contributed by atoms with Gasteiger partial charge < -0.3 is 10.1 Å². The number of piperidine rings is 1. The van der Waals surface area contributed by atoms with Crippen LogP contribution in [0.3, 0.4) is 0 Å². The van der Waals surface area contributed by atoms with E-state index in [1.165, 1.54) is 22.7 Å². The molecule has 0 radical (unpaired) electrons. The van der Waals surface area contributed by atoms with Crippen LogP contribution in [0.25, 0.3) is 0 Å². The van der Waals surface area contributed by atoms with Gasteiger partial charge in [0.2, 0.25) is 10.0 Å². The van der Waals surface area contributed by atoms with Gasteiger partial charge in [-0.25, -0.2) is 8.42 Å². The first kappa shape index (κ1) is 23.6. The van der Waals surface area contributed by atoms with Crippen molar-refractivity contribution in [3.05, 3.63) is 59.2 Å². The predicted octanol–water partition coefficient (Wildman–Crippen LogP) is 3.07. The van der Waals surface area contributed by atoms with Crippen LogP contribution in [0, 0.1) is 12.8 Å². The summed E-state index contributed by atoms with van der Waals surface area (Å²) in [5, 5.41) is 2.92. The minimum Gasteiger partial charge on any atom is -0.476 e. The van der Waals surface area contributed by atoms with Crippen molar-refractivity contribution < 1.29 is 17.9 Å². The molecule has 2 aromatic rings. The number of benzene rings is 2. The van der Waals surface area contributed by atoms with E-state index < -0.39 is 16.1 Å². The molecule has 0 spiro atoms. The number of nitrogens with zero attached hydrogens (tertiary/aromatic N) is 2. The van der Waals surface area contributed by atoms with Crippen molar-refractivity contribution in [1.82, 2.24) is 10.2 Å². The van der Waals surface area contributed by atoms with Gasteiger partial charge in [0.25, 0.3) is 5.91 Å². The van der Waals surface area contributed by atoms with Crippen LogP contribution in [0.4, 0.5) is 5.69 Å². The summed E-state index contributed by atoms with van der Waals surface area (Å²) < 4.78 is 31.8. The zero-order chi connectivity index (χ0) is 23.6. The topological polar surface area (TPSA) is 79.0 Å². The maximum Gasteiger partial charge on any atom is 0.263 e. The number of fused-ring (bicyclic) bond motifs is 1. The first-order valence-corrected chi connectivity index (χ1v) is 13.4. The minimum atomic E-state index is -3.54. The lowest BCUT2D eigenvalue weighted by atomic mass is 9.98. The second kappa shape index (κ2) is 9.73. The fraction of sp³-hybridized carbons (Fsp3) is 0.480. The van der Waals surface area contributed by atoms with Gasteiger partial charge in [0.05, 0.1) is 18.5 Å². The molecule has 2 heterocycles. The average molecular weight is 472 g/mol. The number of amides is 1. The van der Waals surface area contributed by atoms with E-state index in [2.05, 4.69) is 29.3 Å². The Morgan fingerprint density at radius 1 is 1.12 bits per heavy atom. The first-order chi connectivity index (χ1) is 15.7. The molecule has 2 aliphatic heterocycles. The molecule has 1 amide bonds. The monoisotopic (exact) mass is 471 g/mol. The number of rotatable bonds is 6. The van der Waals surface area contributed by atoms with E-state index in [-0.39, 0.29) is 12.5 Å². The number of anilines is 1. The number of hydrogen-bond donors (Lipinski definition) is 1. The molecule has 0 aliphatic carbocycles. The third-order valence-corrected chi connectivity index (χ3v) is 7.56. The highest BCUT2D eigenvalue weighted by Gasteiger charge is 2.35. The van der Waals surface area contributed by atoms with E-state index in [4.69, 9.17) is 4.74 Å². The molecule has 2 aromatic carbocycles. The van der Waals surface area contributed by atoms with Crippen molar-refractivity contribution in [2.24, 2.45) is 5.92 Å². The van der Waals surface area contributed by atoms with E-state index in [0.717, 1.165) is 42.9 Å². The van der Waals surface area contributed by atoms with Crippen LogP contribution in [0.5, 0.6) is 5.75 Å². The number of ether oxygens (including phenoxy) is 1. The Labute approximate surface area is 196 Å². The summed E-state index contributed by atoms with van der Waals surface area (Å²) in [6.45, 7) is 7.68. The number of likely N-dealkylation sites (tertiary alicyclic amines) is 1. The van der Waals surface area contributed by atoms with Crippen LogP contribution in [-0.4, -0.2) is 51.2 Å². The van der Waals surface area contributed by atoms with Crippen molar-refractivity contribution in [3.63, 3.8) is 0 Å². The molecular formula is C25H33N3O4S. The zero-order valence-corrected chi connectivity index (χ0v) is 20.4. The molecule has 1 unspecified atom stereocenters. The molecule has 1 atom stereocenters. The van der Waals surface area contributed by atoms with Crippen molar-refractivity contribution >= 4 is 21.6 Å². The smallest absolute Gasteiger partial charge is 0.263 e. The average Bonchev–Trinajstić information content (AvgIpc) is 2.78. The van der Waals surface area contributed by atoms with Crippen molar-refractivity contribution in [2.75, 3.05) is 30.2 Å². The lowest BCUT2D eigenvalue weighted by Gasteiger charge is -2.34. The van der Waals surface area contributed by atoms with Crippen LogP contribution in [-0.2, 0) is 27.9 Å². The van der Waals surface area contributed by atoms with E-state index in [1.807, 2.05) is 25.1 Å². The summed E-state index contributed by atoms with van der Waals surface area (Å²) >= 11 is 0. The normalized spacial score (nSPS) is 19.6. The largest absolute Gasteiger partial charge is 0.476 e. The van der Waals surface area contributed by atoms with Crippen LogP contribution in [0.2, 0.25) is 0 Å². The Hall–Kier alpha value is -2.58. The van der Waals surface area contributed by atoms with Gasteiger partial charge >= 0.3 is 0 Å². The third-order valence-electron chi connectivity index (χ3n) is 6.42. The Morgan fingerprint density at radius 3 is 2.58 bits per heavy atom. The van der Waals surface area contributed by atoms with E-state index >= 15 is 0 Å². The molecule has 1 fully saturated rings. The summed E-state index contributed by atoms with van der Waals surface area (Å²) in [5.74, 6) is 0.875. The molecule has 8 heteroatoms. The Morgan fingerprint density at radius 2 is 1.85 bits per heavy atom. The van der Waals surface area contributed by atoms with Crippen molar-refractivity contribution in [2.45, 2.75) is 45.9 Å². The van der Waals surface area contributed by atoms with Gasteiger partial charge in [-0.05, 0) is 67.6 Å². The fourth-order valence-corrected chi connectivity index (χ4v) is 5.34. The first-order valence-electron chi connectivity index (χ1n) is 11.5. The molecule has 178 valence electrons. The Bertz CT molecular complexity index is 1110. The summed E-state index contributed by atoms with van der Waals surface area (Å²) in [7, 11) is -3.54. The van der Waals surface area contributed by atoms with Gasteiger partial charge in [0, 0.05) is 13.1 Å². The molecule has 1 saturated heterocycles. The van der Waals surface area contributed by atoms with Gasteiger partial charge in [-0.3, -0.25) is 14.0 Å².